The summed E-state index contributed by atoms with van der Waals surface area (Å²) in [5, 5.41) is 10.8. The lowest BCUT2D eigenvalue weighted by Crippen LogP contribution is -2.49. The molecule has 1 unspecified atom stereocenters. The number of aliphatic carboxylic acids is 1. The topological polar surface area (TPSA) is 78.9 Å². The predicted molar refractivity (Wildman–Crippen MR) is 59.8 cm³/mol. The van der Waals surface area contributed by atoms with E-state index in [2.05, 4.69) is 5.32 Å². The van der Waals surface area contributed by atoms with Gasteiger partial charge in [0.2, 0.25) is 0 Å². The van der Waals surface area contributed by atoms with E-state index in [0.717, 1.165) is 0 Å². The number of halogens is 3. The molecule has 0 aromatic carbocycles. The molecular weight excluding hydrogens is 269 g/mol. The average molecular weight is 286 g/mol. The van der Waals surface area contributed by atoms with Gasteiger partial charge in [-0.2, -0.15) is 13.2 Å². The van der Waals surface area contributed by atoms with Gasteiger partial charge in [0.25, 0.3) is 0 Å². The summed E-state index contributed by atoms with van der Waals surface area (Å²) in [4.78, 5) is 22.2. The van der Waals surface area contributed by atoms with Crippen LogP contribution in [0.15, 0.2) is 0 Å². The predicted octanol–water partition coefficient (Wildman–Crippen LogP) is 1.07. The van der Waals surface area contributed by atoms with Gasteiger partial charge in [-0.25, -0.2) is 4.79 Å². The zero-order chi connectivity index (χ0) is 15.1. The van der Waals surface area contributed by atoms with Crippen molar-refractivity contribution in [1.29, 1.82) is 0 Å². The van der Waals surface area contributed by atoms with Gasteiger partial charge in [0, 0.05) is 19.8 Å². The summed E-state index contributed by atoms with van der Waals surface area (Å²) in [5.74, 6) is -1.51. The molecule has 0 fully saturated rings. The number of carbonyl (C=O) groups is 2. The second-order valence-electron chi connectivity index (χ2n) is 4.00. The van der Waals surface area contributed by atoms with Gasteiger partial charge >= 0.3 is 18.2 Å². The van der Waals surface area contributed by atoms with Crippen molar-refractivity contribution in [3.05, 3.63) is 0 Å². The van der Waals surface area contributed by atoms with E-state index in [9.17, 15) is 22.8 Å². The SMILES string of the molecule is COCCC(C)NC(=O)N(CC(=O)O)CC(F)(F)F. The number of amides is 2. The minimum Gasteiger partial charge on any atom is -0.480 e. The van der Waals surface area contributed by atoms with Crippen LogP contribution in [-0.4, -0.2) is 61.0 Å². The first-order chi connectivity index (χ1) is 8.65. The molecule has 2 amide bonds. The summed E-state index contributed by atoms with van der Waals surface area (Å²) in [6, 6.07) is -1.49. The van der Waals surface area contributed by atoms with E-state index in [1.54, 1.807) is 6.92 Å². The maximum absolute atomic E-state index is 12.2. The summed E-state index contributed by atoms with van der Waals surface area (Å²) in [5.41, 5.74) is 0. The lowest BCUT2D eigenvalue weighted by Gasteiger charge is -2.24. The monoisotopic (exact) mass is 286 g/mol. The van der Waals surface area contributed by atoms with Crippen molar-refractivity contribution in [2.24, 2.45) is 0 Å². The molecule has 0 aliphatic heterocycles. The Hall–Kier alpha value is -1.51. The highest BCUT2D eigenvalue weighted by Gasteiger charge is 2.34. The van der Waals surface area contributed by atoms with E-state index in [4.69, 9.17) is 9.84 Å². The highest BCUT2D eigenvalue weighted by atomic mass is 19.4. The first-order valence-corrected chi connectivity index (χ1v) is 5.48. The minimum absolute atomic E-state index is 0.200. The maximum atomic E-state index is 12.2. The summed E-state index contributed by atoms with van der Waals surface area (Å²) in [6.07, 6.45) is -4.24. The van der Waals surface area contributed by atoms with Crippen LogP contribution < -0.4 is 5.32 Å². The number of rotatable bonds is 7. The van der Waals surface area contributed by atoms with Crippen molar-refractivity contribution in [1.82, 2.24) is 10.2 Å². The maximum Gasteiger partial charge on any atom is 0.406 e. The zero-order valence-electron chi connectivity index (χ0n) is 10.7. The van der Waals surface area contributed by atoms with Crippen molar-refractivity contribution in [3.8, 4) is 0 Å². The molecule has 6 nitrogen and oxygen atoms in total. The van der Waals surface area contributed by atoms with Crippen LogP contribution in [0.5, 0.6) is 0 Å². The number of carboxylic acids is 1. The highest BCUT2D eigenvalue weighted by Crippen LogP contribution is 2.16. The van der Waals surface area contributed by atoms with E-state index in [1.807, 2.05) is 0 Å². The molecular formula is C10H17F3N2O4. The fourth-order valence-corrected chi connectivity index (χ4v) is 1.25. The van der Waals surface area contributed by atoms with Crippen LogP contribution in [0.4, 0.5) is 18.0 Å². The number of nitrogens with one attached hydrogen (secondary N) is 1. The number of urea groups is 1. The Bertz CT molecular complexity index is 310. The van der Waals surface area contributed by atoms with Gasteiger partial charge in [0.1, 0.15) is 13.1 Å². The standard InChI is InChI=1S/C10H17F3N2O4/c1-7(3-4-19-2)14-9(18)15(5-8(16)17)6-10(11,12)13/h7H,3-6H2,1-2H3,(H,14,18)(H,16,17). The lowest BCUT2D eigenvalue weighted by atomic mass is 10.2. The van der Waals surface area contributed by atoms with Crippen molar-refractivity contribution in [3.63, 3.8) is 0 Å². The first kappa shape index (κ1) is 17.5. The molecule has 0 saturated carbocycles. The largest absolute Gasteiger partial charge is 0.480 e. The second kappa shape index (κ2) is 7.82. The molecule has 0 aromatic heterocycles. The average Bonchev–Trinajstić information content (AvgIpc) is 2.22. The molecule has 2 N–H and O–H groups in total. The molecule has 9 heteroatoms. The lowest BCUT2D eigenvalue weighted by molar-refractivity contribution is -0.149. The third kappa shape index (κ3) is 9.11. The van der Waals surface area contributed by atoms with Crippen molar-refractivity contribution >= 4 is 12.0 Å². The molecule has 0 aliphatic rings. The van der Waals surface area contributed by atoms with E-state index in [0.29, 0.717) is 13.0 Å². The van der Waals surface area contributed by atoms with E-state index < -0.39 is 37.3 Å². The number of carboxylic acid groups (broad SMARTS) is 1. The smallest absolute Gasteiger partial charge is 0.406 e. The Morgan fingerprint density at radius 2 is 2.00 bits per heavy atom. The molecule has 0 radical (unpaired) electrons. The van der Waals surface area contributed by atoms with Crippen LogP contribution in [-0.2, 0) is 9.53 Å². The number of nitrogens with zero attached hydrogens (tertiary/aromatic N) is 1. The molecule has 1 atom stereocenters. The van der Waals surface area contributed by atoms with Gasteiger partial charge in [-0.05, 0) is 13.3 Å². The number of hydrogen-bond donors (Lipinski definition) is 2. The van der Waals surface area contributed by atoms with E-state index >= 15 is 0 Å². The highest BCUT2D eigenvalue weighted by molar-refractivity contribution is 5.80. The Morgan fingerprint density at radius 3 is 2.42 bits per heavy atom. The van der Waals surface area contributed by atoms with Gasteiger partial charge in [-0.15, -0.1) is 0 Å². The molecule has 112 valence electrons. The number of hydrogen-bond acceptors (Lipinski definition) is 3. The van der Waals surface area contributed by atoms with E-state index in [-0.39, 0.29) is 4.90 Å². The minimum atomic E-state index is -4.65. The van der Waals surface area contributed by atoms with Gasteiger partial charge in [0.05, 0.1) is 0 Å². The normalized spacial score (nSPS) is 12.9. The Balaban J connectivity index is 4.49. The number of ether oxygens (including phenoxy) is 1. The second-order valence-corrected chi connectivity index (χ2v) is 4.00. The molecule has 0 spiro atoms. The van der Waals surface area contributed by atoms with Gasteiger partial charge in [-0.3, -0.25) is 4.79 Å². The van der Waals surface area contributed by atoms with Crippen molar-refractivity contribution < 1.29 is 32.6 Å². The Kier molecular flexibility index (Phi) is 7.20. The number of methoxy groups -OCH3 is 1. The molecule has 0 saturated heterocycles. The third-order valence-electron chi connectivity index (χ3n) is 2.11. The van der Waals surface area contributed by atoms with Crippen LogP contribution in [0, 0.1) is 0 Å². The Morgan fingerprint density at radius 1 is 1.42 bits per heavy atom. The van der Waals surface area contributed by atoms with Gasteiger partial charge in [0.15, 0.2) is 0 Å². The third-order valence-corrected chi connectivity index (χ3v) is 2.11. The van der Waals surface area contributed by atoms with Crippen LogP contribution in [0.25, 0.3) is 0 Å². The number of alkyl halides is 3. The van der Waals surface area contributed by atoms with Gasteiger partial charge < -0.3 is 20.1 Å². The van der Waals surface area contributed by atoms with Crippen LogP contribution in [0.1, 0.15) is 13.3 Å². The number of carbonyl (C=O) groups excluding carboxylic acids is 1. The van der Waals surface area contributed by atoms with E-state index in [1.165, 1.54) is 7.11 Å². The summed E-state index contributed by atoms with van der Waals surface area (Å²) < 4.78 is 41.4. The zero-order valence-corrected chi connectivity index (χ0v) is 10.7. The molecule has 0 bridgehead atoms. The summed E-state index contributed by atoms with van der Waals surface area (Å²) in [6.45, 7) is -0.701. The summed E-state index contributed by atoms with van der Waals surface area (Å²) >= 11 is 0. The quantitative estimate of drug-likeness (QED) is 0.733. The fourth-order valence-electron chi connectivity index (χ4n) is 1.25. The van der Waals surface area contributed by atoms with Crippen LogP contribution in [0.2, 0.25) is 0 Å². The molecule has 19 heavy (non-hydrogen) atoms. The molecule has 0 rings (SSSR count). The van der Waals surface area contributed by atoms with Crippen LogP contribution in [0.3, 0.4) is 0 Å². The molecule has 0 heterocycles. The molecule has 0 aromatic rings. The Labute approximate surface area is 108 Å². The van der Waals surface area contributed by atoms with Crippen molar-refractivity contribution in [2.75, 3.05) is 26.8 Å². The fraction of sp³-hybridized carbons (Fsp3) is 0.800. The van der Waals surface area contributed by atoms with Crippen molar-refractivity contribution in [2.45, 2.75) is 25.6 Å². The first-order valence-electron chi connectivity index (χ1n) is 5.48. The molecule has 0 aliphatic carbocycles. The van der Waals surface area contributed by atoms with Crippen LogP contribution >= 0.6 is 0 Å². The van der Waals surface area contributed by atoms with Gasteiger partial charge in [-0.1, -0.05) is 0 Å². The summed E-state index contributed by atoms with van der Waals surface area (Å²) in [7, 11) is 1.45.